The molecule has 0 spiro atoms. The fourth-order valence-electron chi connectivity index (χ4n) is 1.25. The molecule has 0 fully saturated rings. The highest BCUT2D eigenvalue weighted by Crippen LogP contribution is 2.14. The van der Waals surface area contributed by atoms with Crippen LogP contribution in [0.3, 0.4) is 0 Å². The topological polar surface area (TPSA) is 72.9 Å². The lowest BCUT2D eigenvalue weighted by Crippen LogP contribution is -2.29. The standard InChI is InChI=1S/C10H15ClN4O/c1-6(11)4-13-9(16)5-15-8(3)10(12)7(2)14-15/h1,4-5,12H2,2-3H3,(H,13,16). The van der Waals surface area contributed by atoms with Gasteiger partial charge in [-0.05, 0) is 13.8 Å². The van der Waals surface area contributed by atoms with Crippen LogP contribution in [-0.4, -0.2) is 22.2 Å². The molecule has 0 aliphatic carbocycles. The lowest BCUT2D eigenvalue weighted by molar-refractivity contribution is -0.121. The normalized spacial score (nSPS) is 10.2. The van der Waals surface area contributed by atoms with Crippen molar-refractivity contribution in [3.05, 3.63) is 23.0 Å². The number of nitrogen functional groups attached to an aromatic ring is 1. The number of carbonyl (C=O) groups excluding carboxylic acids is 1. The Balaban J connectivity index is 2.63. The van der Waals surface area contributed by atoms with Crippen molar-refractivity contribution in [3.63, 3.8) is 0 Å². The van der Waals surface area contributed by atoms with Crippen molar-refractivity contribution in [2.75, 3.05) is 12.3 Å². The molecule has 0 bridgehead atoms. The van der Waals surface area contributed by atoms with Crippen LogP contribution < -0.4 is 11.1 Å². The van der Waals surface area contributed by atoms with Crippen molar-refractivity contribution in [1.29, 1.82) is 0 Å². The van der Waals surface area contributed by atoms with Gasteiger partial charge in [-0.15, -0.1) is 0 Å². The molecule has 3 N–H and O–H groups in total. The van der Waals surface area contributed by atoms with Crippen LogP contribution in [0.25, 0.3) is 0 Å². The fourth-order valence-corrected chi connectivity index (χ4v) is 1.32. The summed E-state index contributed by atoms with van der Waals surface area (Å²) in [6.07, 6.45) is 0. The first kappa shape index (κ1) is 12.6. The summed E-state index contributed by atoms with van der Waals surface area (Å²) in [4.78, 5) is 11.5. The largest absolute Gasteiger partial charge is 0.396 e. The lowest BCUT2D eigenvalue weighted by Gasteiger charge is -2.05. The Labute approximate surface area is 99.3 Å². The van der Waals surface area contributed by atoms with Crippen molar-refractivity contribution in [3.8, 4) is 0 Å². The highest BCUT2D eigenvalue weighted by molar-refractivity contribution is 6.29. The average Bonchev–Trinajstić information content (AvgIpc) is 2.43. The maximum absolute atomic E-state index is 11.5. The summed E-state index contributed by atoms with van der Waals surface area (Å²) >= 11 is 5.53. The first-order chi connectivity index (χ1) is 7.41. The van der Waals surface area contributed by atoms with Crippen LogP contribution in [0.5, 0.6) is 0 Å². The molecule has 6 heteroatoms. The molecule has 1 aromatic rings. The van der Waals surface area contributed by atoms with Gasteiger partial charge in [-0.3, -0.25) is 9.48 Å². The number of nitrogens with one attached hydrogen (secondary N) is 1. The molecular formula is C10H15ClN4O. The van der Waals surface area contributed by atoms with Crippen molar-refractivity contribution >= 4 is 23.2 Å². The minimum Gasteiger partial charge on any atom is -0.396 e. The van der Waals surface area contributed by atoms with Gasteiger partial charge in [0, 0.05) is 5.03 Å². The molecule has 1 amide bonds. The van der Waals surface area contributed by atoms with E-state index in [0.717, 1.165) is 11.4 Å². The predicted octanol–water partition coefficient (Wildman–Crippen LogP) is 0.951. The molecule has 0 saturated heterocycles. The van der Waals surface area contributed by atoms with Crippen LogP contribution in [0.15, 0.2) is 11.6 Å². The van der Waals surface area contributed by atoms with Gasteiger partial charge in [-0.25, -0.2) is 0 Å². The second-order valence-corrected chi connectivity index (χ2v) is 4.07. The first-order valence-corrected chi connectivity index (χ1v) is 5.19. The van der Waals surface area contributed by atoms with Gasteiger partial charge in [0.1, 0.15) is 6.54 Å². The van der Waals surface area contributed by atoms with E-state index >= 15 is 0 Å². The van der Waals surface area contributed by atoms with E-state index in [1.54, 1.807) is 11.6 Å². The van der Waals surface area contributed by atoms with E-state index in [9.17, 15) is 4.79 Å². The molecule has 0 atom stereocenters. The van der Waals surface area contributed by atoms with Gasteiger partial charge in [-0.2, -0.15) is 5.10 Å². The Morgan fingerprint density at radius 1 is 1.62 bits per heavy atom. The van der Waals surface area contributed by atoms with E-state index in [4.69, 9.17) is 17.3 Å². The van der Waals surface area contributed by atoms with Gasteiger partial charge in [-0.1, -0.05) is 18.2 Å². The number of anilines is 1. The number of aryl methyl sites for hydroxylation is 1. The van der Waals surface area contributed by atoms with Crippen LogP contribution in [0.1, 0.15) is 11.4 Å². The Bertz CT molecular complexity index is 425. The number of aromatic nitrogens is 2. The lowest BCUT2D eigenvalue weighted by atomic mass is 10.3. The average molecular weight is 243 g/mol. The molecule has 1 heterocycles. The first-order valence-electron chi connectivity index (χ1n) is 4.81. The Morgan fingerprint density at radius 2 is 2.25 bits per heavy atom. The summed E-state index contributed by atoms with van der Waals surface area (Å²) in [5, 5.41) is 7.16. The second-order valence-electron chi connectivity index (χ2n) is 3.54. The van der Waals surface area contributed by atoms with Crippen LogP contribution >= 0.6 is 11.6 Å². The SMILES string of the molecule is C=C(Cl)CNC(=O)Cn1nc(C)c(N)c1C. The van der Waals surface area contributed by atoms with Gasteiger partial charge in [0.15, 0.2) is 0 Å². The number of halogens is 1. The zero-order valence-electron chi connectivity index (χ0n) is 9.38. The molecule has 1 aromatic heterocycles. The molecule has 5 nitrogen and oxygen atoms in total. The summed E-state index contributed by atoms with van der Waals surface area (Å²) in [5.74, 6) is -0.174. The van der Waals surface area contributed by atoms with Crippen LogP contribution in [0.2, 0.25) is 0 Å². The fraction of sp³-hybridized carbons (Fsp3) is 0.400. The maximum Gasteiger partial charge on any atom is 0.242 e. The monoisotopic (exact) mass is 242 g/mol. The third-order valence-electron chi connectivity index (χ3n) is 2.21. The minimum atomic E-state index is -0.174. The summed E-state index contributed by atoms with van der Waals surface area (Å²) in [6, 6.07) is 0. The quantitative estimate of drug-likeness (QED) is 0.826. The van der Waals surface area contributed by atoms with E-state index in [1.165, 1.54) is 0 Å². The summed E-state index contributed by atoms with van der Waals surface area (Å²) in [7, 11) is 0. The summed E-state index contributed by atoms with van der Waals surface area (Å²) < 4.78 is 1.57. The Hall–Kier alpha value is -1.49. The number of hydrogen-bond acceptors (Lipinski definition) is 3. The van der Waals surface area contributed by atoms with Crippen molar-refractivity contribution in [1.82, 2.24) is 15.1 Å². The number of amides is 1. The maximum atomic E-state index is 11.5. The summed E-state index contributed by atoms with van der Waals surface area (Å²) in [5.41, 5.74) is 7.89. The van der Waals surface area contributed by atoms with Crippen molar-refractivity contribution in [2.45, 2.75) is 20.4 Å². The molecule has 0 aliphatic heterocycles. The van der Waals surface area contributed by atoms with Gasteiger partial charge < -0.3 is 11.1 Å². The van der Waals surface area contributed by atoms with E-state index in [2.05, 4.69) is 17.0 Å². The third-order valence-corrected chi connectivity index (χ3v) is 2.34. The van der Waals surface area contributed by atoms with E-state index < -0.39 is 0 Å². The van der Waals surface area contributed by atoms with Crippen LogP contribution in [0, 0.1) is 13.8 Å². The minimum absolute atomic E-state index is 0.133. The van der Waals surface area contributed by atoms with Gasteiger partial charge in [0.2, 0.25) is 5.91 Å². The van der Waals surface area contributed by atoms with Gasteiger partial charge >= 0.3 is 0 Å². The smallest absolute Gasteiger partial charge is 0.242 e. The van der Waals surface area contributed by atoms with Gasteiger partial charge in [0.05, 0.1) is 23.6 Å². The number of hydrogen-bond donors (Lipinski definition) is 2. The highest BCUT2D eigenvalue weighted by Gasteiger charge is 2.10. The van der Waals surface area contributed by atoms with E-state index in [1.807, 2.05) is 6.92 Å². The number of carbonyl (C=O) groups is 1. The molecule has 0 aromatic carbocycles. The summed E-state index contributed by atoms with van der Waals surface area (Å²) in [6.45, 7) is 7.50. The number of nitrogens with two attached hydrogens (primary N) is 1. The Kier molecular flexibility index (Phi) is 3.95. The Morgan fingerprint density at radius 3 is 2.69 bits per heavy atom. The molecule has 88 valence electrons. The molecule has 0 aliphatic rings. The van der Waals surface area contributed by atoms with Crippen molar-refractivity contribution in [2.24, 2.45) is 0 Å². The zero-order valence-corrected chi connectivity index (χ0v) is 10.1. The predicted molar refractivity (Wildman–Crippen MR) is 64.1 cm³/mol. The number of nitrogens with zero attached hydrogens (tertiary/aromatic N) is 2. The highest BCUT2D eigenvalue weighted by atomic mass is 35.5. The molecule has 16 heavy (non-hydrogen) atoms. The molecule has 1 rings (SSSR count). The van der Waals surface area contributed by atoms with E-state index in [-0.39, 0.29) is 19.0 Å². The second kappa shape index (κ2) is 5.03. The molecular weight excluding hydrogens is 228 g/mol. The van der Waals surface area contributed by atoms with Crippen LogP contribution in [0.4, 0.5) is 5.69 Å². The third kappa shape index (κ3) is 3.00. The molecule has 0 radical (unpaired) electrons. The van der Waals surface area contributed by atoms with E-state index in [0.29, 0.717) is 10.7 Å². The number of rotatable bonds is 4. The zero-order chi connectivity index (χ0) is 12.3. The molecule has 0 saturated carbocycles. The van der Waals surface area contributed by atoms with Crippen LogP contribution in [-0.2, 0) is 11.3 Å². The van der Waals surface area contributed by atoms with Gasteiger partial charge in [0.25, 0.3) is 0 Å². The molecule has 0 unspecified atom stereocenters. The van der Waals surface area contributed by atoms with Crippen molar-refractivity contribution < 1.29 is 4.79 Å².